The van der Waals surface area contributed by atoms with Gasteiger partial charge in [-0.05, 0) is 148 Å². The van der Waals surface area contributed by atoms with Crippen LogP contribution in [0.2, 0.25) is 0 Å². The molecule has 8 bridgehead atoms. The number of aromatic nitrogens is 4. The molecule has 0 N–H and O–H groups in total. The summed E-state index contributed by atoms with van der Waals surface area (Å²) in [7, 11) is 0. The second kappa shape index (κ2) is 16.4. The predicted molar refractivity (Wildman–Crippen MR) is 217 cm³/mol. The zero-order valence-corrected chi connectivity index (χ0v) is 33.3. The van der Waals surface area contributed by atoms with E-state index >= 15 is 0 Å². The average Bonchev–Trinajstić information content (AvgIpc) is 4.04. The number of hydrogen-bond acceptors (Lipinski definition) is 4. The maximum Gasteiger partial charge on any atom is 3.00 e. The third-order valence-corrected chi connectivity index (χ3v) is 13.5. The van der Waals surface area contributed by atoms with Gasteiger partial charge in [-0.3, -0.25) is 0 Å². The molecule has 0 spiro atoms. The van der Waals surface area contributed by atoms with Gasteiger partial charge in [0.15, 0.2) is 0 Å². The summed E-state index contributed by atoms with van der Waals surface area (Å²) < 4.78 is 0. The van der Waals surface area contributed by atoms with Crippen LogP contribution in [0, 0.1) is 0 Å². The second-order valence-corrected chi connectivity index (χ2v) is 16.7. The van der Waals surface area contributed by atoms with Crippen molar-refractivity contribution in [2.24, 2.45) is 0 Å². The molecule has 53 heavy (non-hydrogen) atoms. The Balaban J connectivity index is 0.00000400. The molecule has 2 unspecified atom stereocenters. The van der Waals surface area contributed by atoms with Gasteiger partial charge in [0.05, 0.1) is 22.8 Å². The summed E-state index contributed by atoms with van der Waals surface area (Å²) in [4.78, 5) is 27.7. The fourth-order valence-corrected chi connectivity index (χ4v) is 10.8. The Bertz CT molecular complexity index is 1850. The first-order valence-corrected chi connectivity index (χ1v) is 21.2. The summed E-state index contributed by atoms with van der Waals surface area (Å²) in [6, 6.07) is 9.30. The Labute approximate surface area is 327 Å². The number of likely N-dealkylation sites (tertiary alicyclic amines) is 2. The third-order valence-electron chi connectivity index (χ3n) is 13.5. The number of rotatable bonds is 6. The van der Waals surface area contributed by atoms with Crippen LogP contribution in [-0.4, -0.2) is 59.0 Å². The van der Waals surface area contributed by atoms with E-state index in [9.17, 15) is 0 Å². The zero-order valence-electron chi connectivity index (χ0n) is 32.1. The van der Waals surface area contributed by atoms with Gasteiger partial charge < -0.3 is 19.8 Å². The van der Waals surface area contributed by atoms with Crippen molar-refractivity contribution in [2.45, 2.75) is 127 Å². The monoisotopic (exact) mass is 749 g/mol. The first-order valence-electron chi connectivity index (χ1n) is 21.2. The Morgan fingerprint density at radius 2 is 0.792 bits per heavy atom. The van der Waals surface area contributed by atoms with E-state index in [0.29, 0.717) is 23.7 Å². The van der Waals surface area contributed by atoms with Crippen LogP contribution >= 0.6 is 0 Å². The van der Waals surface area contributed by atoms with Crippen molar-refractivity contribution in [3.63, 3.8) is 0 Å². The molecule has 278 valence electrons. The standard InChI is InChI=1S/C46H58N6.Mn/c1-3-51-27-11-17-33(29-51)45-39-23-21-37(48-39)43(31-13-7-5-8-14-31)35-19-20-36(47-35)44(32-15-9-6-10-16-32)38-22-24-40(49-38)46(42-26-25-41(45)50-42)34-18-12-28-52(4-2)30-34;/h19-26,31-34H,3-18,27-30H2,1-2H3;/q-2;+3. The van der Waals surface area contributed by atoms with Crippen molar-refractivity contribution in [1.82, 2.24) is 29.7 Å². The molecular weight excluding hydrogens is 691 g/mol. The van der Waals surface area contributed by atoms with Crippen LogP contribution in [0.25, 0.3) is 46.4 Å². The number of likely N-dealkylation sites (N-methyl/N-ethyl adjacent to an activating group) is 2. The summed E-state index contributed by atoms with van der Waals surface area (Å²) in [6.45, 7) is 11.3. The van der Waals surface area contributed by atoms with Gasteiger partial charge in [-0.2, -0.15) is 0 Å². The fraction of sp³-hybridized carbons (Fsp3) is 0.565. The van der Waals surface area contributed by atoms with Crippen molar-refractivity contribution < 1.29 is 17.1 Å². The Hall–Kier alpha value is -2.96. The molecular formula is C46H58MnN6+. The molecule has 7 heterocycles. The van der Waals surface area contributed by atoms with Gasteiger partial charge in [-0.25, -0.2) is 9.97 Å². The zero-order chi connectivity index (χ0) is 35.0. The van der Waals surface area contributed by atoms with E-state index in [2.05, 4.69) is 72.2 Å². The second-order valence-electron chi connectivity index (χ2n) is 16.7. The molecule has 2 aliphatic carbocycles. The van der Waals surface area contributed by atoms with Crippen LogP contribution in [-0.2, 0) is 17.1 Å². The maximum atomic E-state index is 5.63. The van der Waals surface area contributed by atoms with E-state index in [-0.39, 0.29) is 17.1 Å². The van der Waals surface area contributed by atoms with Crippen molar-refractivity contribution in [2.75, 3.05) is 39.3 Å². The number of fused-ring (bicyclic) bond motifs is 8. The SMILES string of the molecule is CCN1CCCC(c2c3nc(c(C4CCCCC4)c4ccc([n-]4)c(C4CCCCC4)c4nc(c(C5CCCN(CC)C5)c5ccc2[n-]5)C=C4)C=C3)C1.[Mn+3]. The summed E-state index contributed by atoms with van der Waals surface area (Å²) in [6.07, 6.45) is 26.8. The predicted octanol–water partition coefficient (Wildman–Crippen LogP) is 10.4. The van der Waals surface area contributed by atoms with E-state index in [1.54, 1.807) is 0 Å². The van der Waals surface area contributed by atoms with Crippen LogP contribution in [0.4, 0.5) is 0 Å². The van der Waals surface area contributed by atoms with Crippen molar-refractivity contribution in [3.05, 3.63) is 69.3 Å². The van der Waals surface area contributed by atoms with Crippen molar-refractivity contribution in [1.29, 1.82) is 0 Å². The molecule has 6 nitrogen and oxygen atoms in total. The molecule has 2 atom stereocenters. The van der Waals surface area contributed by atoms with Crippen molar-refractivity contribution in [3.8, 4) is 0 Å². The minimum absolute atomic E-state index is 0. The molecule has 0 amide bonds. The molecule has 4 aliphatic heterocycles. The smallest absolute Gasteiger partial charge is 0.657 e. The molecule has 4 fully saturated rings. The van der Waals surface area contributed by atoms with Gasteiger partial charge in [0.1, 0.15) is 0 Å². The molecule has 0 radical (unpaired) electrons. The largest absolute Gasteiger partial charge is 3.00 e. The normalized spacial score (nSPS) is 23.4. The van der Waals surface area contributed by atoms with E-state index in [4.69, 9.17) is 19.9 Å². The minimum Gasteiger partial charge on any atom is -0.657 e. The van der Waals surface area contributed by atoms with Gasteiger partial charge in [0.25, 0.3) is 0 Å². The topological polar surface area (TPSA) is 60.5 Å². The molecule has 2 saturated carbocycles. The average molecular weight is 750 g/mol. The van der Waals surface area contributed by atoms with Crippen LogP contribution < -0.4 is 9.97 Å². The van der Waals surface area contributed by atoms with Crippen LogP contribution in [0.3, 0.4) is 0 Å². The van der Waals surface area contributed by atoms with Gasteiger partial charge in [0, 0.05) is 13.1 Å². The molecule has 0 aromatic carbocycles. The molecule has 3 aromatic rings. The Kier molecular flexibility index (Phi) is 11.5. The van der Waals surface area contributed by atoms with E-state index in [0.717, 1.165) is 71.0 Å². The summed E-state index contributed by atoms with van der Waals surface area (Å²) in [5, 5.41) is 0. The summed E-state index contributed by atoms with van der Waals surface area (Å²) in [5.41, 5.74) is 14.4. The van der Waals surface area contributed by atoms with E-state index in [1.807, 2.05) is 0 Å². The van der Waals surface area contributed by atoms with Crippen LogP contribution in [0.5, 0.6) is 0 Å². The van der Waals surface area contributed by atoms with Crippen molar-refractivity contribution >= 4 is 46.4 Å². The third kappa shape index (κ3) is 7.41. The minimum atomic E-state index is 0. The summed E-state index contributed by atoms with van der Waals surface area (Å²) >= 11 is 0. The fourth-order valence-electron chi connectivity index (χ4n) is 10.8. The molecule has 7 heteroatoms. The van der Waals surface area contributed by atoms with Crippen LogP contribution in [0.1, 0.15) is 172 Å². The summed E-state index contributed by atoms with van der Waals surface area (Å²) in [5.74, 6) is 1.80. The van der Waals surface area contributed by atoms with Gasteiger partial charge in [-0.15, -0.1) is 22.1 Å². The van der Waals surface area contributed by atoms with Gasteiger partial charge >= 0.3 is 17.1 Å². The number of piperidine rings is 2. The molecule has 3 aromatic heterocycles. The first kappa shape index (κ1) is 37.0. The number of nitrogens with zero attached hydrogens (tertiary/aromatic N) is 6. The molecule has 9 rings (SSSR count). The van der Waals surface area contributed by atoms with E-state index in [1.165, 1.54) is 125 Å². The first-order chi connectivity index (χ1) is 25.7. The molecule has 6 aliphatic rings. The van der Waals surface area contributed by atoms with E-state index < -0.39 is 0 Å². The van der Waals surface area contributed by atoms with Crippen LogP contribution in [0.15, 0.2) is 24.3 Å². The number of hydrogen-bond donors (Lipinski definition) is 0. The van der Waals surface area contributed by atoms with Gasteiger partial charge in [0.2, 0.25) is 0 Å². The Morgan fingerprint density at radius 1 is 0.472 bits per heavy atom. The Morgan fingerprint density at radius 3 is 1.13 bits per heavy atom. The quantitative estimate of drug-likeness (QED) is 0.161. The molecule has 2 saturated heterocycles. The van der Waals surface area contributed by atoms with Gasteiger partial charge in [-0.1, -0.05) is 76.6 Å². The maximum absolute atomic E-state index is 5.63.